The van der Waals surface area contributed by atoms with Crippen LogP contribution in [0.2, 0.25) is 0 Å². The number of hydrogen-bond acceptors (Lipinski definition) is 3. The van der Waals surface area contributed by atoms with Crippen molar-refractivity contribution in [3.8, 4) is 5.75 Å². The lowest BCUT2D eigenvalue weighted by molar-refractivity contribution is 0.161. The van der Waals surface area contributed by atoms with Crippen molar-refractivity contribution in [2.24, 2.45) is 17.2 Å². The van der Waals surface area contributed by atoms with Gasteiger partial charge < -0.3 is 4.74 Å². The van der Waals surface area contributed by atoms with Crippen LogP contribution < -0.4 is 16.0 Å². The molecule has 0 bridgehead atoms. The van der Waals surface area contributed by atoms with E-state index in [4.69, 9.17) is 10.6 Å². The summed E-state index contributed by atoms with van der Waals surface area (Å²) in [6.07, 6.45) is 6.08. The predicted octanol–water partition coefficient (Wildman–Crippen LogP) is 4.05. The molecule has 0 aliphatic heterocycles. The highest BCUT2D eigenvalue weighted by atomic mass is 79.9. The summed E-state index contributed by atoms with van der Waals surface area (Å²) in [5.74, 6) is 7.37. The van der Waals surface area contributed by atoms with Crippen LogP contribution in [0.25, 0.3) is 0 Å². The quantitative estimate of drug-likeness (QED) is 0.619. The van der Waals surface area contributed by atoms with E-state index in [-0.39, 0.29) is 0 Å². The summed E-state index contributed by atoms with van der Waals surface area (Å²) >= 11 is 3.55. The minimum Gasteiger partial charge on any atom is -0.496 e. The number of ether oxygens (including phenoxy) is 1. The van der Waals surface area contributed by atoms with Gasteiger partial charge in [0.2, 0.25) is 0 Å². The highest BCUT2D eigenvalue weighted by Crippen LogP contribution is 2.39. The Morgan fingerprint density at radius 3 is 2.57 bits per heavy atom. The molecule has 3 N–H and O–H groups in total. The lowest BCUT2D eigenvalue weighted by atomic mass is 9.70. The summed E-state index contributed by atoms with van der Waals surface area (Å²) in [6.45, 7) is 4.74. The van der Waals surface area contributed by atoms with Crippen LogP contribution in [0.15, 0.2) is 22.7 Å². The molecule has 1 unspecified atom stereocenters. The molecule has 0 spiro atoms. The van der Waals surface area contributed by atoms with Crippen molar-refractivity contribution in [1.29, 1.82) is 0 Å². The fourth-order valence-corrected chi connectivity index (χ4v) is 3.86. The van der Waals surface area contributed by atoms with Gasteiger partial charge >= 0.3 is 0 Å². The second-order valence-corrected chi connectivity index (χ2v) is 7.80. The molecular formula is C17H27BrN2O. The normalized spacial score (nSPS) is 20.2. The molecule has 1 atom stereocenters. The summed E-state index contributed by atoms with van der Waals surface area (Å²) < 4.78 is 6.29. The van der Waals surface area contributed by atoms with Crippen LogP contribution in [-0.4, -0.2) is 13.2 Å². The SMILES string of the molecule is COc1ccc(CC(NN)C2CCC(C)(C)CC2)cc1Br. The Hall–Kier alpha value is -0.580. The largest absolute Gasteiger partial charge is 0.496 e. The Kier molecular flexibility index (Phi) is 5.69. The Bertz CT molecular complexity index is 466. The minimum absolute atomic E-state index is 0.349. The molecule has 1 aromatic carbocycles. The smallest absolute Gasteiger partial charge is 0.133 e. The number of hydrazine groups is 1. The molecule has 3 nitrogen and oxygen atoms in total. The zero-order valence-corrected chi connectivity index (χ0v) is 14.9. The number of hydrogen-bond donors (Lipinski definition) is 2. The van der Waals surface area contributed by atoms with Crippen LogP contribution in [0.4, 0.5) is 0 Å². The monoisotopic (exact) mass is 354 g/mol. The topological polar surface area (TPSA) is 47.3 Å². The number of nitrogens with two attached hydrogens (primary N) is 1. The first-order chi connectivity index (χ1) is 9.95. The van der Waals surface area contributed by atoms with E-state index in [0.29, 0.717) is 17.4 Å². The van der Waals surface area contributed by atoms with Gasteiger partial charge in [-0.05, 0) is 77.1 Å². The third-order valence-electron chi connectivity index (χ3n) is 4.84. The number of methoxy groups -OCH3 is 1. The Labute approximate surface area is 136 Å². The van der Waals surface area contributed by atoms with Crippen molar-refractivity contribution in [1.82, 2.24) is 5.43 Å². The second kappa shape index (κ2) is 7.12. The van der Waals surface area contributed by atoms with Crippen LogP contribution in [0.5, 0.6) is 5.75 Å². The van der Waals surface area contributed by atoms with Crippen molar-refractivity contribution in [2.75, 3.05) is 7.11 Å². The number of halogens is 1. The van der Waals surface area contributed by atoms with Gasteiger partial charge in [0.15, 0.2) is 0 Å². The van der Waals surface area contributed by atoms with E-state index in [2.05, 4.69) is 47.3 Å². The van der Waals surface area contributed by atoms with Gasteiger partial charge in [0.05, 0.1) is 11.6 Å². The van der Waals surface area contributed by atoms with E-state index >= 15 is 0 Å². The highest BCUT2D eigenvalue weighted by molar-refractivity contribution is 9.10. The summed E-state index contributed by atoms with van der Waals surface area (Å²) in [7, 11) is 1.69. The van der Waals surface area contributed by atoms with Crippen molar-refractivity contribution >= 4 is 15.9 Å². The molecule has 2 rings (SSSR count). The highest BCUT2D eigenvalue weighted by Gasteiger charge is 2.31. The van der Waals surface area contributed by atoms with Crippen LogP contribution in [0, 0.1) is 11.3 Å². The molecule has 4 heteroatoms. The summed E-state index contributed by atoms with van der Waals surface area (Å²) in [4.78, 5) is 0. The van der Waals surface area contributed by atoms with Crippen LogP contribution in [0.3, 0.4) is 0 Å². The molecule has 21 heavy (non-hydrogen) atoms. The second-order valence-electron chi connectivity index (χ2n) is 6.95. The van der Waals surface area contributed by atoms with Gasteiger partial charge in [0.1, 0.15) is 5.75 Å². The zero-order valence-electron chi connectivity index (χ0n) is 13.3. The Morgan fingerprint density at radius 1 is 1.38 bits per heavy atom. The predicted molar refractivity (Wildman–Crippen MR) is 91.2 cm³/mol. The molecular weight excluding hydrogens is 328 g/mol. The zero-order chi connectivity index (χ0) is 15.5. The van der Waals surface area contributed by atoms with Crippen molar-refractivity contribution in [2.45, 2.75) is 52.0 Å². The van der Waals surface area contributed by atoms with Crippen molar-refractivity contribution in [3.05, 3.63) is 28.2 Å². The van der Waals surface area contributed by atoms with Gasteiger partial charge in [-0.2, -0.15) is 0 Å². The standard InChI is InChI=1S/C17H27BrN2O/c1-17(2)8-6-13(7-9-17)15(20-19)11-12-4-5-16(21-3)14(18)10-12/h4-5,10,13,15,20H,6-9,11,19H2,1-3H3. The summed E-state index contributed by atoms with van der Waals surface area (Å²) in [5.41, 5.74) is 4.84. The van der Waals surface area contributed by atoms with Crippen molar-refractivity contribution in [3.63, 3.8) is 0 Å². The van der Waals surface area contributed by atoms with Gasteiger partial charge in [-0.25, -0.2) is 0 Å². The van der Waals surface area contributed by atoms with E-state index in [1.165, 1.54) is 31.2 Å². The fourth-order valence-electron chi connectivity index (χ4n) is 3.28. The van der Waals surface area contributed by atoms with E-state index in [1.54, 1.807) is 7.11 Å². The van der Waals surface area contributed by atoms with E-state index < -0.39 is 0 Å². The average Bonchev–Trinajstić information content (AvgIpc) is 2.45. The minimum atomic E-state index is 0.349. The first kappa shape index (κ1) is 16.8. The number of rotatable bonds is 5. The van der Waals surface area contributed by atoms with E-state index in [9.17, 15) is 0 Å². The van der Waals surface area contributed by atoms with Crippen LogP contribution >= 0.6 is 15.9 Å². The fraction of sp³-hybridized carbons (Fsp3) is 0.647. The molecule has 1 aliphatic carbocycles. The van der Waals surface area contributed by atoms with Gasteiger partial charge in [-0.3, -0.25) is 11.3 Å². The summed E-state index contributed by atoms with van der Waals surface area (Å²) in [6, 6.07) is 6.62. The molecule has 1 aromatic rings. The third kappa shape index (κ3) is 4.44. The van der Waals surface area contributed by atoms with Crippen molar-refractivity contribution < 1.29 is 4.74 Å². The lowest BCUT2D eigenvalue weighted by Gasteiger charge is -2.38. The summed E-state index contributed by atoms with van der Waals surface area (Å²) in [5, 5.41) is 0. The molecule has 1 aliphatic rings. The number of nitrogens with one attached hydrogen (secondary N) is 1. The van der Waals surface area contributed by atoms with Crippen LogP contribution in [-0.2, 0) is 6.42 Å². The molecule has 0 amide bonds. The average molecular weight is 355 g/mol. The van der Waals surface area contributed by atoms with Gasteiger partial charge in [-0.1, -0.05) is 19.9 Å². The molecule has 118 valence electrons. The maximum atomic E-state index is 5.83. The molecule has 0 radical (unpaired) electrons. The molecule has 1 fully saturated rings. The lowest BCUT2D eigenvalue weighted by Crippen LogP contribution is -2.44. The van der Waals surface area contributed by atoms with E-state index in [0.717, 1.165) is 16.6 Å². The number of benzene rings is 1. The molecule has 0 saturated heterocycles. The Morgan fingerprint density at radius 2 is 2.05 bits per heavy atom. The molecule has 1 saturated carbocycles. The first-order valence-electron chi connectivity index (χ1n) is 7.74. The maximum absolute atomic E-state index is 5.83. The van der Waals surface area contributed by atoms with Crippen LogP contribution in [0.1, 0.15) is 45.1 Å². The van der Waals surface area contributed by atoms with Gasteiger partial charge in [-0.15, -0.1) is 0 Å². The first-order valence-corrected chi connectivity index (χ1v) is 8.53. The van der Waals surface area contributed by atoms with Gasteiger partial charge in [0, 0.05) is 6.04 Å². The van der Waals surface area contributed by atoms with E-state index in [1.807, 2.05) is 6.07 Å². The van der Waals surface area contributed by atoms with Gasteiger partial charge in [0.25, 0.3) is 0 Å². The Balaban J connectivity index is 2.01. The third-order valence-corrected chi connectivity index (χ3v) is 5.46. The molecule has 0 heterocycles. The molecule has 0 aromatic heterocycles. The maximum Gasteiger partial charge on any atom is 0.133 e.